The zero-order chi connectivity index (χ0) is 19.7. The molecule has 0 saturated carbocycles. The minimum absolute atomic E-state index is 0.0493. The number of anilines is 1. The van der Waals surface area contributed by atoms with E-state index in [4.69, 9.17) is 14.2 Å². The molecule has 1 aromatic heterocycles. The van der Waals surface area contributed by atoms with Crippen molar-refractivity contribution in [2.75, 3.05) is 25.6 Å². The zero-order valence-electron chi connectivity index (χ0n) is 15.2. The standard InChI is InChI=1S/C16H23N3O6S/c1-6-9-24-15(22)19-13-18-10(11(26-13)12(20)23-5)7-8-17-14(21)25-16(2,3)4/h6H,1,7-9H2,2-5H3,(H,17,21)(H,18,19,22). The van der Waals surface area contributed by atoms with E-state index in [0.29, 0.717) is 5.69 Å². The lowest BCUT2D eigenvalue weighted by Gasteiger charge is -2.19. The van der Waals surface area contributed by atoms with Crippen molar-refractivity contribution >= 4 is 34.6 Å². The van der Waals surface area contributed by atoms with Crippen LogP contribution >= 0.6 is 11.3 Å². The summed E-state index contributed by atoms with van der Waals surface area (Å²) in [7, 11) is 1.25. The van der Waals surface area contributed by atoms with Gasteiger partial charge in [-0.05, 0) is 20.8 Å². The molecule has 0 fully saturated rings. The van der Waals surface area contributed by atoms with Crippen LogP contribution in [0, 0.1) is 0 Å². The number of alkyl carbamates (subject to hydrolysis) is 1. The Labute approximate surface area is 155 Å². The van der Waals surface area contributed by atoms with E-state index < -0.39 is 23.8 Å². The van der Waals surface area contributed by atoms with Crippen molar-refractivity contribution in [3.8, 4) is 0 Å². The first-order valence-corrected chi connectivity index (χ1v) is 8.57. The number of amides is 2. The number of thiazole rings is 1. The molecule has 0 aromatic carbocycles. The lowest BCUT2D eigenvalue weighted by molar-refractivity contribution is 0.0528. The van der Waals surface area contributed by atoms with Crippen molar-refractivity contribution in [2.24, 2.45) is 0 Å². The molecule has 10 heteroatoms. The highest BCUT2D eigenvalue weighted by Crippen LogP contribution is 2.24. The molecule has 0 unspecified atom stereocenters. The van der Waals surface area contributed by atoms with E-state index >= 15 is 0 Å². The van der Waals surface area contributed by atoms with Crippen LogP contribution < -0.4 is 10.6 Å². The van der Waals surface area contributed by atoms with E-state index in [9.17, 15) is 14.4 Å². The summed E-state index contributed by atoms with van der Waals surface area (Å²) in [5.41, 5.74) is -0.220. The second-order valence-electron chi connectivity index (χ2n) is 5.98. The van der Waals surface area contributed by atoms with Crippen LogP contribution in [0.2, 0.25) is 0 Å². The van der Waals surface area contributed by atoms with Gasteiger partial charge in [0.15, 0.2) is 5.13 Å². The monoisotopic (exact) mass is 385 g/mol. The molecular weight excluding hydrogens is 362 g/mol. The maximum atomic E-state index is 11.9. The predicted octanol–water partition coefficient (Wildman–Crippen LogP) is 2.73. The summed E-state index contributed by atoms with van der Waals surface area (Å²) in [5, 5.41) is 5.19. The van der Waals surface area contributed by atoms with Gasteiger partial charge in [0, 0.05) is 13.0 Å². The quantitative estimate of drug-likeness (QED) is 0.421. The third-order valence-corrected chi connectivity index (χ3v) is 3.63. The maximum Gasteiger partial charge on any atom is 0.413 e. The fourth-order valence-electron chi connectivity index (χ4n) is 1.68. The van der Waals surface area contributed by atoms with Crippen molar-refractivity contribution in [3.63, 3.8) is 0 Å². The first-order chi connectivity index (χ1) is 12.2. The van der Waals surface area contributed by atoms with Crippen LogP contribution in [0.3, 0.4) is 0 Å². The Bertz CT molecular complexity index is 665. The molecule has 0 bridgehead atoms. The van der Waals surface area contributed by atoms with Crippen LogP contribution in [-0.4, -0.2) is 49.0 Å². The Morgan fingerprint density at radius 1 is 1.27 bits per heavy atom. The maximum absolute atomic E-state index is 11.9. The number of carbonyl (C=O) groups is 3. The fourth-order valence-corrected chi connectivity index (χ4v) is 2.60. The molecule has 144 valence electrons. The fraction of sp³-hybridized carbons (Fsp3) is 0.500. The Hall–Kier alpha value is -2.62. The third-order valence-electron chi connectivity index (χ3n) is 2.64. The molecule has 1 rings (SSSR count). The van der Waals surface area contributed by atoms with Gasteiger partial charge in [-0.25, -0.2) is 19.4 Å². The molecule has 0 aliphatic carbocycles. The molecule has 1 heterocycles. The smallest absolute Gasteiger partial charge is 0.413 e. The van der Waals surface area contributed by atoms with Gasteiger partial charge in [0.2, 0.25) is 0 Å². The molecule has 2 N–H and O–H groups in total. The minimum atomic E-state index is -0.714. The normalized spacial score (nSPS) is 10.6. The molecule has 26 heavy (non-hydrogen) atoms. The van der Waals surface area contributed by atoms with E-state index in [1.807, 2.05) is 0 Å². The van der Waals surface area contributed by atoms with Crippen molar-refractivity contribution in [2.45, 2.75) is 32.8 Å². The first-order valence-electron chi connectivity index (χ1n) is 7.75. The molecule has 0 radical (unpaired) electrons. The summed E-state index contributed by atoms with van der Waals surface area (Å²) >= 11 is 0.955. The number of ether oxygens (including phenoxy) is 3. The lowest BCUT2D eigenvalue weighted by atomic mass is 10.2. The van der Waals surface area contributed by atoms with Gasteiger partial charge >= 0.3 is 18.2 Å². The Balaban J connectivity index is 2.73. The van der Waals surface area contributed by atoms with Crippen LogP contribution in [0.1, 0.15) is 36.1 Å². The second kappa shape index (κ2) is 9.76. The van der Waals surface area contributed by atoms with Gasteiger partial charge < -0.3 is 19.5 Å². The number of aromatic nitrogens is 1. The highest BCUT2D eigenvalue weighted by Gasteiger charge is 2.21. The van der Waals surface area contributed by atoms with E-state index in [2.05, 4.69) is 22.2 Å². The highest BCUT2D eigenvalue weighted by atomic mass is 32.1. The largest absolute Gasteiger partial charge is 0.465 e. The van der Waals surface area contributed by atoms with Gasteiger partial charge in [0.1, 0.15) is 17.1 Å². The Morgan fingerprint density at radius 2 is 1.96 bits per heavy atom. The van der Waals surface area contributed by atoms with Crippen LogP contribution in [0.4, 0.5) is 14.7 Å². The number of rotatable bonds is 7. The number of hydrogen-bond donors (Lipinski definition) is 2. The summed E-state index contributed by atoms with van der Waals surface area (Å²) in [6.07, 6.45) is 0.394. The van der Waals surface area contributed by atoms with E-state index in [1.165, 1.54) is 13.2 Å². The van der Waals surface area contributed by atoms with Crippen molar-refractivity contribution in [1.29, 1.82) is 0 Å². The zero-order valence-corrected chi connectivity index (χ0v) is 16.0. The molecule has 0 saturated heterocycles. The van der Waals surface area contributed by atoms with E-state index in [1.54, 1.807) is 20.8 Å². The second-order valence-corrected chi connectivity index (χ2v) is 6.98. The summed E-state index contributed by atoms with van der Waals surface area (Å²) < 4.78 is 14.6. The van der Waals surface area contributed by atoms with Crippen LogP contribution in [0.5, 0.6) is 0 Å². The highest BCUT2D eigenvalue weighted by molar-refractivity contribution is 7.17. The summed E-state index contributed by atoms with van der Waals surface area (Å²) in [5.74, 6) is -0.581. The average molecular weight is 385 g/mol. The number of carbonyl (C=O) groups excluding carboxylic acids is 3. The Morgan fingerprint density at radius 3 is 2.54 bits per heavy atom. The average Bonchev–Trinajstić information content (AvgIpc) is 2.93. The first kappa shape index (κ1) is 21.4. The molecule has 2 amide bonds. The number of hydrogen-bond acceptors (Lipinski definition) is 8. The van der Waals surface area contributed by atoms with Gasteiger partial charge in [-0.2, -0.15) is 0 Å². The topological polar surface area (TPSA) is 116 Å². The van der Waals surface area contributed by atoms with Gasteiger partial charge in [0.05, 0.1) is 12.8 Å². The lowest BCUT2D eigenvalue weighted by Crippen LogP contribution is -2.33. The summed E-state index contributed by atoms with van der Waals surface area (Å²) in [6.45, 7) is 8.95. The molecule has 0 atom stereocenters. The molecular formula is C16H23N3O6S. The summed E-state index contributed by atoms with van der Waals surface area (Å²) in [6, 6.07) is 0. The van der Waals surface area contributed by atoms with Crippen LogP contribution in [0.25, 0.3) is 0 Å². The van der Waals surface area contributed by atoms with Crippen molar-refractivity contribution < 1.29 is 28.6 Å². The van der Waals surface area contributed by atoms with Crippen molar-refractivity contribution in [3.05, 3.63) is 23.2 Å². The number of esters is 1. The van der Waals surface area contributed by atoms with Gasteiger partial charge in [0.25, 0.3) is 0 Å². The number of nitrogens with zero attached hydrogens (tertiary/aromatic N) is 1. The minimum Gasteiger partial charge on any atom is -0.465 e. The number of nitrogens with one attached hydrogen (secondary N) is 2. The van der Waals surface area contributed by atoms with Crippen molar-refractivity contribution in [1.82, 2.24) is 10.3 Å². The van der Waals surface area contributed by atoms with Crippen LogP contribution in [0.15, 0.2) is 12.7 Å². The van der Waals surface area contributed by atoms with Gasteiger partial charge in [-0.3, -0.25) is 5.32 Å². The summed E-state index contributed by atoms with van der Waals surface area (Å²) in [4.78, 5) is 39.5. The molecule has 0 aliphatic heterocycles. The van der Waals surface area contributed by atoms with E-state index in [0.717, 1.165) is 11.3 Å². The van der Waals surface area contributed by atoms with Gasteiger partial charge in [-0.1, -0.05) is 24.0 Å². The SMILES string of the molecule is C=CCOC(=O)Nc1nc(CCNC(=O)OC(C)(C)C)c(C(=O)OC)s1. The van der Waals surface area contributed by atoms with Gasteiger partial charge in [-0.15, -0.1) is 0 Å². The Kier molecular flexibility index (Phi) is 8.04. The molecule has 1 aromatic rings. The van der Waals surface area contributed by atoms with E-state index in [-0.39, 0.29) is 29.6 Å². The molecule has 0 aliphatic rings. The molecule has 0 spiro atoms. The predicted molar refractivity (Wildman–Crippen MR) is 96.6 cm³/mol. The molecule has 9 nitrogen and oxygen atoms in total. The third kappa shape index (κ3) is 7.51. The van der Waals surface area contributed by atoms with Crippen LogP contribution in [-0.2, 0) is 20.6 Å². The number of methoxy groups -OCH3 is 1.